The van der Waals surface area contributed by atoms with Crippen LogP contribution in [0.15, 0.2) is 28.7 Å². The molecule has 0 saturated carbocycles. The van der Waals surface area contributed by atoms with E-state index >= 15 is 0 Å². The lowest BCUT2D eigenvalue weighted by molar-refractivity contribution is -0.137. The highest BCUT2D eigenvalue weighted by Gasteiger charge is 2.21. The lowest BCUT2D eigenvalue weighted by atomic mass is 10.1. The Labute approximate surface area is 117 Å². The Hall–Kier alpha value is -0.870. The monoisotopic (exact) mass is 312 g/mol. The zero-order chi connectivity index (χ0) is 13.7. The van der Waals surface area contributed by atoms with Gasteiger partial charge in [-0.15, -0.1) is 0 Å². The average molecular weight is 313 g/mol. The molecule has 0 aliphatic carbocycles. The highest BCUT2D eigenvalue weighted by atomic mass is 79.9. The maximum atomic E-state index is 12.2. The van der Waals surface area contributed by atoms with Crippen molar-refractivity contribution in [1.82, 2.24) is 4.90 Å². The van der Waals surface area contributed by atoms with Gasteiger partial charge in [0.2, 0.25) is 5.91 Å². The fraction of sp³-hybridized carbons (Fsp3) is 0.500. The number of hydrogen-bond acceptors (Lipinski definition) is 2. The molecule has 0 saturated heterocycles. The number of nitrogens with two attached hydrogens (primary N) is 1. The van der Waals surface area contributed by atoms with Crippen molar-refractivity contribution in [3.8, 4) is 0 Å². The number of rotatable bonds is 5. The molecule has 1 amide bonds. The van der Waals surface area contributed by atoms with Gasteiger partial charge in [-0.25, -0.2) is 0 Å². The molecule has 3 nitrogen and oxygen atoms in total. The molecule has 1 rings (SSSR count). The summed E-state index contributed by atoms with van der Waals surface area (Å²) in [4.78, 5) is 14.1. The van der Waals surface area contributed by atoms with E-state index in [9.17, 15) is 4.79 Å². The summed E-state index contributed by atoms with van der Waals surface area (Å²) < 4.78 is 1.03. The zero-order valence-electron chi connectivity index (χ0n) is 11.2. The number of carbonyl (C=O) groups is 1. The van der Waals surface area contributed by atoms with Gasteiger partial charge in [0.15, 0.2) is 0 Å². The van der Waals surface area contributed by atoms with Crippen molar-refractivity contribution in [3.05, 3.63) is 34.3 Å². The van der Waals surface area contributed by atoms with E-state index < -0.39 is 0 Å². The molecule has 0 aliphatic rings. The van der Waals surface area contributed by atoms with E-state index in [0.29, 0.717) is 13.1 Å². The van der Waals surface area contributed by atoms with E-state index in [-0.39, 0.29) is 17.9 Å². The quantitative estimate of drug-likeness (QED) is 0.908. The molecule has 0 bridgehead atoms. The lowest BCUT2D eigenvalue weighted by Gasteiger charge is -2.29. The first-order valence-corrected chi connectivity index (χ1v) is 7.00. The fourth-order valence-electron chi connectivity index (χ4n) is 1.73. The summed E-state index contributed by atoms with van der Waals surface area (Å²) in [6, 6.07) is 8.20. The molecule has 1 aromatic rings. The summed E-state index contributed by atoms with van der Waals surface area (Å²) in [6.07, 6.45) is 0. The van der Waals surface area contributed by atoms with Crippen LogP contribution >= 0.6 is 15.9 Å². The number of halogens is 1. The first-order chi connectivity index (χ1) is 8.45. The van der Waals surface area contributed by atoms with Gasteiger partial charge in [0.1, 0.15) is 0 Å². The van der Waals surface area contributed by atoms with E-state index in [2.05, 4.69) is 15.9 Å². The molecule has 0 heterocycles. The number of amides is 1. The molecule has 1 aromatic carbocycles. The van der Waals surface area contributed by atoms with Crippen LogP contribution in [0.3, 0.4) is 0 Å². The molecule has 0 radical (unpaired) electrons. The van der Waals surface area contributed by atoms with Crippen LogP contribution in [0.2, 0.25) is 0 Å². The highest BCUT2D eigenvalue weighted by Crippen LogP contribution is 2.16. The second-order valence-electron chi connectivity index (χ2n) is 4.83. The predicted octanol–water partition coefficient (Wildman–Crippen LogP) is 2.78. The second-order valence-corrected chi connectivity index (χ2v) is 5.74. The molecule has 1 atom stereocenters. The van der Waals surface area contributed by atoms with Crippen LogP contribution in [0, 0.1) is 5.92 Å². The van der Waals surface area contributed by atoms with Crippen LogP contribution in [0.4, 0.5) is 0 Å². The minimum Gasteiger partial charge on any atom is -0.336 e. The number of nitrogens with zero attached hydrogens (tertiary/aromatic N) is 1. The van der Waals surface area contributed by atoms with E-state index in [1.54, 1.807) is 0 Å². The van der Waals surface area contributed by atoms with Crippen molar-refractivity contribution in [2.24, 2.45) is 11.7 Å². The van der Waals surface area contributed by atoms with Crippen LogP contribution in [0.5, 0.6) is 0 Å². The third-order valence-electron chi connectivity index (χ3n) is 2.92. The number of benzene rings is 1. The molecular formula is C14H21BrN2O. The third-order valence-corrected chi connectivity index (χ3v) is 3.42. The first kappa shape index (κ1) is 15.2. The standard InChI is InChI=1S/C14H21BrN2O/c1-10(2)17(14(18)11(3)8-16)9-12-5-4-6-13(15)7-12/h4-7,10-11H,8-9,16H2,1-3H3. The van der Waals surface area contributed by atoms with Crippen molar-refractivity contribution in [3.63, 3.8) is 0 Å². The number of carbonyl (C=O) groups excluding carboxylic acids is 1. The summed E-state index contributed by atoms with van der Waals surface area (Å²) in [5.74, 6) is -0.00738. The van der Waals surface area contributed by atoms with Crippen LogP contribution in [-0.2, 0) is 11.3 Å². The van der Waals surface area contributed by atoms with Gasteiger partial charge < -0.3 is 10.6 Å². The molecule has 0 spiro atoms. The Morgan fingerprint density at radius 2 is 2.06 bits per heavy atom. The minimum atomic E-state index is -0.125. The van der Waals surface area contributed by atoms with E-state index in [0.717, 1.165) is 10.0 Å². The van der Waals surface area contributed by atoms with Gasteiger partial charge in [-0.05, 0) is 31.5 Å². The van der Waals surface area contributed by atoms with E-state index in [4.69, 9.17) is 5.73 Å². The van der Waals surface area contributed by atoms with Crippen molar-refractivity contribution in [2.45, 2.75) is 33.4 Å². The van der Waals surface area contributed by atoms with Gasteiger partial charge in [0, 0.05) is 29.5 Å². The van der Waals surface area contributed by atoms with Gasteiger partial charge >= 0.3 is 0 Å². The maximum absolute atomic E-state index is 12.2. The van der Waals surface area contributed by atoms with Gasteiger partial charge in [-0.1, -0.05) is 35.0 Å². The van der Waals surface area contributed by atoms with Gasteiger partial charge in [0.25, 0.3) is 0 Å². The first-order valence-electron chi connectivity index (χ1n) is 6.20. The Kier molecular flexibility index (Phi) is 5.82. The van der Waals surface area contributed by atoms with Gasteiger partial charge in [0.05, 0.1) is 0 Å². The predicted molar refractivity (Wildman–Crippen MR) is 78.0 cm³/mol. The minimum absolute atomic E-state index is 0.118. The van der Waals surface area contributed by atoms with Crippen LogP contribution < -0.4 is 5.73 Å². The lowest BCUT2D eigenvalue weighted by Crippen LogP contribution is -2.41. The van der Waals surface area contributed by atoms with Crippen LogP contribution in [0.25, 0.3) is 0 Å². The maximum Gasteiger partial charge on any atom is 0.227 e. The molecular weight excluding hydrogens is 292 g/mol. The Bertz CT molecular complexity index is 407. The van der Waals surface area contributed by atoms with E-state index in [1.807, 2.05) is 49.9 Å². The average Bonchev–Trinajstić information content (AvgIpc) is 2.34. The van der Waals surface area contributed by atoms with Crippen LogP contribution in [0.1, 0.15) is 26.3 Å². The smallest absolute Gasteiger partial charge is 0.227 e. The molecule has 18 heavy (non-hydrogen) atoms. The molecule has 1 unspecified atom stereocenters. The molecule has 2 N–H and O–H groups in total. The summed E-state index contributed by atoms with van der Waals surface area (Å²) in [7, 11) is 0. The van der Waals surface area contributed by atoms with E-state index in [1.165, 1.54) is 0 Å². The normalized spacial score (nSPS) is 12.6. The largest absolute Gasteiger partial charge is 0.336 e. The summed E-state index contributed by atoms with van der Waals surface area (Å²) in [6.45, 7) is 6.94. The second kappa shape index (κ2) is 6.90. The van der Waals surface area contributed by atoms with Crippen molar-refractivity contribution < 1.29 is 4.79 Å². The van der Waals surface area contributed by atoms with Gasteiger partial charge in [-0.3, -0.25) is 4.79 Å². The summed E-state index contributed by atoms with van der Waals surface area (Å²) >= 11 is 3.45. The topological polar surface area (TPSA) is 46.3 Å². The third kappa shape index (κ3) is 4.10. The Balaban J connectivity index is 2.84. The van der Waals surface area contributed by atoms with Crippen LogP contribution in [-0.4, -0.2) is 23.4 Å². The molecule has 0 aliphatic heterocycles. The fourth-order valence-corrected chi connectivity index (χ4v) is 2.18. The summed E-state index contributed by atoms with van der Waals surface area (Å²) in [5.41, 5.74) is 6.69. The summed E-state index contributed by atoms with van der Waals surface area (Å²) in [5, 5.41) is 0. The highest BCUT2D eigenvalue weighted by molar-refractivity contribution is 9.10. The van der Waals surface area contributed by atoms with Gasteiger partial charge in [-0.2, -0.15) is 0 Å². The molecule has 100 valence electrons. The Morgan fingerprint density at radius 3 is 2.56 bits per heavy atom. The molecule has 4 heteroatoms. The SMILES string of the molecule is CC(CN)C(=O)N(Cc1cccc(Br)c1)C(C)C. The molecule has 0 aromatic heterocycles. The van der Waals surface area contributed by atoms with Crippen molar-refractivity contribution in [1.29, 1.82) is 0 Å². The Morgan fingerprint density at radius 1 is 1.39 bits per heavy atom. The molecule has 0 fully saturated rings. The number of hydrogen-bond donors (Lipinski definition) is 1. The van der Waals surface area contributed by atoms with Crippen molar-refractivity contribution in [2.75, 3.05) is 6.54 Å². The van der Waals surface area contributed by atoms with Crippen molar-refractivity contribution >= 4 is 21.8 Å². The zero-order valence-corrected chi connectivity index (χ0v) is 12.8.